The average molecular weight is 206 g/mol. The zero-order valence-electron chi connectivity index (χ0n) is 8.81. The lowest BCUT2D eigenvalue weighted by Crippen LogP contribution is -2.33. The van der Waals surface area contributed by atoms with Crippen LogP contribution in [-0.4, -0.2) is 23.5 Å². The number of aldehydes is 1. The molecule has 0 atom stereocenters. The highest BCUT2D eigenvalue weighted by Gasteiger charge is 2.15. The Labute approximate surface area is 89.9 Å². The number of unbranched alkanes of at least 4 members (excludes halogenated alkanes) is 1. The molecule has 1 rings (SSSR count). The van der Waals surface area contributed by atoms with Gasteiger partial charge in [-0.05, 0) is 29.9 Å². The van der Waals surface area contributed by atoms with E-state index in [9.17, 15) is 4.79 Å². The van der Waals surface area contributed by atoms with Crippen LogP contribution < -0.4 is 5.46 Å². The number of rotatable bonds is 5. The molecule has 0 spiro atoms. The molecule has 80 valence electrons. The smallest absolute Gasteiger partial charge is 0.423 e. The van der Waals surface area contributed by atoms with Crippen molar-refractivity contribution in [3.05, 3.63) is 29.3 Å². The SMILES string of the molecule is CCCCc1ccc(B(O)O)c(C=O)c1. The van der Waals surface area contributed by atoms with Gasteiger partial charge in [-0.2, -0.15) is 0 Å². The molecule has 3 nitrogen and oxygen atoms in total. The van der Waals surface area contributed by atoms with E-state index in [1.165, 1.54) is 0 Å². The summed E-state index contributed by atoms with van der Waals surface area (Å²) in [6, 6.07) is 5.15. The predicted molar refractivity (Wildman–Crippen MR) is 60.3 cm³/mol. The molecule has 0 saturated heterocycles. The lowest BCUT2D eigenvalue weighted by molar-refractivity contribution is 0.112. The first-order valence-electron chi connectivity index (χ1n) is 5.13. The fraction of sp³-hybridized carbons (Fsp3) is 0.364. The minimum atomic E-state index is -1.58. The van der Waals surface area contributed by atoms with Crippen LogP contribution in [0.1, 0.15) is 35.7 Å². The molecular formula is C11H15BO3. The Kier molecular flexibility index (Phi) is 4.53. The van der Waals surface area contributed by atoms with Crippen molar-refractivity contribution in [3.8, 4) is 0 Å². The zero-order valence-corrected chi connectivity index (χ0v) is 8.81. The zero-order chi connectivity index (χ0) is 11.3. The Hall–Kier alpha value is -1.13. The molecule has 15 heavy (non-hydrogen) atoms. The minimum absolute atomic E-state index is 0.269. The molecule has 4 heteroatoms. The molecule has 0 heterocycles. The van der Waals surface area contributed by atoms with Crippen molar-refractivity contribution in [2.75, 3.05) is 0 Å². The van der Waals surface area contributed by atoms with E-state index in [0.717, 1.165) is 24.8 Å². The summed E-state index contributed by atoms with van der Waals surface area (Å²) in [6.45, 7) is 2.10. The van der Waals surface area contributed by atoms with Gasteiger partial charge in [0, 0.05) is 5.56 Å². The third-order valence-corrected chi connectivity index (χ3v) is 2.38. The van der Waals surface area contributed by atoms with Gasteiger partial charge in [0.1, 0.15) is 6.29 Å². The van der Waals surface area contributed by atoms with Crippen molar-refractivity contribution < 1.29 is 14.8 Å². The largest absolute Gasteiger partial charge is 0.489 e. The van der Waals surface area contributed by atoms with Crippen molar-refractivity contribution in [1.29, 1.82) is 0 Å². The highest BCUT2D eigenvalue weighted by atomic mass is 16.4. The van der Waals surface area contributed by atoms with Crippen LogP contribution in [0.15, 0.2) is 18.2 Å². The molecule has 0 fully saturated rings. The summed E-state index contributed by atoms with van der Waals surface area (Å²) < 4.78 is 0. The third-order valence-electron chi connectivity index (χ3n) is 2.38. The summed E-state index contributed by atoms with van der Waals surface area (Å²) in [4.78, 5) is 10.7. The second kappa shape index (κ2) is 5.68. The first-order valence-corrected chi connectivity index (χ1v) is 5.13. The maximum absolute atomic E-state index is 10.7. The lowest BCUT2D eigenvalue weighted by atomic mass is 9.76. The van der Waals surface area contributed by atoms with Crippen LogP contribution in [0.4, 0.5) is 0 Å². The number of hydrogen-bond donors (Lipinski definition) is 2. The van der Waals surface area contributed by atoms with Crippen LogP contribution in [0.25, 0.3) is 0 Å². The van der Waals surface area contributed by atoms with Gasteiger partial charge >= 0.3 is 7.12 Å². The number of aryl methyl sites for hydroxylation is 1. The van der Waals surface area contributed by atoms with E-state index in [-0.39, 0.29) is 5.46 Å². The van der Waals surface area contributed by atoms with Crippen molar-refractivity contribution in [2.24, 2.45) is 0 Å². The predicted octanol–water partition coefficient (Wildman–Crippen LogP) is 0.522. The Balaban J connectivity index is 2.92. The molecule has 1 aromatic rings. The standard InChI is InChI=1S/C11H15BO3/c1-2-3-4-9-5-6-11(12(14)15)10(7-9)8-13/h5-8,14-15H,2-4H2,1H3. The van der Waals surface area contributed by atoms with Gasteiger partial charge in [0.05, 0.1) is 0 Å². The average Bonchev–Trinajstić information content (AvgIpc) is 2.25. The first-order chi connectivity index (χ1) is 7.19. The monoisotopic (exact) mass is 206 g/mol. The van der Waals surface area contributed by atoms with Gasteiger partial charge in [-0.1, -0.05) is 25.5 Å². The number of carbonyl (C=O) groups excluding carboxylic acids is 1. The molecule has 0 unspecified atom stereocenters. The molecular weight excluding hydrogens is 191 g/mol. The number of benzene rings is 1. The summed E-state index contributed by atoms with van der Waals surface area (Å²) in [7, 11) is -1.58. The van der Waals surface area contributed by atoms with E-state index >= 15 is 0 Å². The Morgan fingerprint density at radius 3 is 2.67 bits per heavy atom. The maximum atomic E-state index is 10.7. The molecule has 0 aromatic heterocycles. The number of carbonyl (C=O) groups is 1. The molecule has 0 aliphatic carbocycles. The molecule has 0 saturated carbocycles. The summed E-state index contributed by atoms with van der Waals surface area (Å²) in [5.74, 6) is 0. The van der Waals surface area contributed by atoms with E-state index in [4.69, 9.17) is 10.0 Å². The highest BCUT2D eigenvalue weighted by Crippen LogP contribution is 2.06. The van der Waals surface area contributed by atoms with Crippen molar-refractivity contribution >= 4 is 18.9 Å². The highest BCUT2D eigenvalue weighted by molar-refractivity contribution is 6.60. The quantitative estimate of drug-likeness (QED) is 0.545. The Morgan fingerprint density at radius 2 is 2.13 bits per heavy atom. The summed E-state index contributed by atoms with van der Waals surface area (Å²) in [5, 5.41) is 18.0. The van der Waals surface area contributed by atoms with Crippen LogP contribution in [0, 0.1) is 0 Å². The van der Waals surface area contributed by atoms with Crippen LogP contribution in [0.2, 0.25) is 0 Å². The van der Waals surface area contributed by atoms with Crippen LogP contribution in [-0.2, 0) is 6.42 Å². The van der Waals surface area contributed by atoms with Crippen molar-refractivity contribution in [1.82, 2.24) is 0 Å². The van der Waals surface area contributed by atoms with E-state index in [0.29, 0.717) is 11.8 Å². The molecule has 2 N–H and O–H groups in total. The second-order valence-corrected chi connectivity index (χ2v) is 3.56. The molecule has 0 aliphatic rings. The van der Waals surface area contributed by atoms with E-state index in [2.05, 4.69) is 6.92 Å². The van der Waals surface area contributed by atoms with Crippen LogP contribution in [0.5, 0.6) is 0 Å². The molecule has 0 amide bonds. The fourth-order valence-corrected chi connectivity index (χ4v) is 1.50. The molecule has 0 bridgehead atoms. The molecule has 0 radical (unpaired) electrons. The Bertz CT molecular complexity index is 337. The third kappa shape index (κ3) is 3.18. The van der Waals surface area contributed by atoms with E-state index in [1.807, 2.05) is 6.07 Å². The van der Waals surface area contributed by atoms with Gasteiger partial charge in [-0.25, -0.2) is 0 Å². The van der Waals surface area contributed by atoms with Gasteiger partial charge in [-0.15, -0.1) is 0 Å². The summed E-state index contributed by atoms with van der Waals surface area (Å²) in [5.41, 5.74) is 1.69. The van der Waals surface area contributed by atoms with Gasteiger partial charge in [-0.3, -0.25) is 4.79 Å². The second-order valence-electron chi connectivity index (χ2n) is 3.56. The molecule has 1 aromatic carbocycles. The summed E-state index contributed by atoms with van der Waals surface area (Å²) >= 11 is 0. The Morgan fingerprint density at radius 1 is 1.40 bits per heavy atom. The van der Waals surface area contributed by atoms with Crippen LogP contribution in [0.3, 0.4) is 0 Å². The lowest BCUT2D eigenvalue weighted by Gasteiger charge is -2.06. The molecule has 0 aliphatic heterocycles. The number of hydrogen-bond acceptors (Lipinski definition) is 3. The van der Waals surface area contributed by atoms with Crippen molar-refractivity contribution in [3.63, 3.8) is 0 Å². The summed E-state index contributed by atoms with van der Waals surface area (Å²) in [6.07, 6.45) is 3.74. The van der Waals surface area contributed by atoms with Crippen LogP contribution >= 0.6 is 0 Å². The topological polar surface area (TPSA) is 57.5 Å². The normalized spacial score (nSPS) is 10.1. The van der Waals surface area contributed by atoms with Gasteiger partial charge in [0.15, 0.2) is 0 Å². The van der Waals surface area contributed by atoms with E-state index < -0.39 is 7.12 Å². The first kappa shape index (κ1) is 11.9. The van der Waals surface area contributed by atoms with Crippen molar-refractivity contribution in [2.45, 2.75) is 26.2 Å². The van der Waals surface area contributed by atoms with Gasteiger partial charge in [0.25, 0.3) is 0 Å². The fourth-order valence-electron chi connectivity index (χ4n) is 1.50. The maximum Gasteiger partial charge on any atom is 0.489 e. The minimum Gasteiger partial charge on any atom is -0.423 e. The van der Waals surface area contributed by atoms with Gasteiger partial charge < -0.3 is 10.0 Å². The van der Waals surface area contributed by atoms with E-state index in [1.54, 1.807) is 12.1 Å². The van der Waals surface area contributed by atoms with Gasteiger partial charge in [0.2, 0.25) is 0 Å².